The molecule has 1 N–H and O–H groups in total. The molecule has 0 saturated heterocycles. The number of benzene rings is 1. The van der Waals surface area contributed by atoms with Crippen LogP contribution in [-0.2, 0) is 6.42 Å². The van der Waals surface area contributed by atoms with E-state index in [2.05, 4.69) is 30.5 Å². The zero-order chi connectivity index (χ0) is 13.9. The van der Waals surface area contributed by atoms with E-state index in [9.17, 15) is 4.79 Å². The van der Waals surface area contributed by atoms with Crippen molar-refractivity contribution in [1.29, 1.82) is 0 Å². The second-order valence-electron chi connectivity index (χ2n) is 5.89. The van der Waals surface area contributed by atoms with Crippen molar-refractivity contribution in [2.24, 2.45) is 5.92 Å². The monoisotopic (exact) mass is 270 g/mol. The molecule has 1 heterocycles. The molecule has 1 aromatic rings. The Morgan fingerprint density at radius 3 is 3.00 bits per heavy atom. The zero-order valence-electron chi connectivity index (χ0n) is 12.0. The van der Waals surface area contributed by atoms with E-state index in [4.69, 9.17) is 0 Å². The van der Waals surface area contributed by atoms with Gasteiger partial charge in [-0.1, -0.05) is 30.4 Å². The Hall–Kier alpha value is -1.77. The highest BCUT2D eigenvalue weighted by atomic mass is 16.2. The number of nitrogens with zero attached hydrogens (tertiary/aromatic N) is 1. The molecule has 0 fully saturated rings. The lowest BCUT2D eigenvalue weighted by Gasteiger charge is -2.25. The molecule has 1 aromatic carbocycles. The van der Waals surface area contributed by atoms with Gasteiger partial charge in [0.05, 0.1) is 0 Å². The molecular formula is C17H22N2O. The third kappa shape index (κ3) is 2.58. The van der Waals surface area contributed by atoms with Crippen LogP contribution in [0.5, 0.6) is 0 Å². The molecule has 20 heavy (non-hydrogen) atoms. The number of carbonyl (C=O) groups excluding carboxylic acids is 1. The maximum atomic E-state index is 12.5. The lowest BCUT2D eigenvalue weighted by Crippen LogP contribution is -2.44. The van der Waals surface area contributed by atoms with Crippen LogP contribution in [-0.4, -0.2) is 18.6 Å². The average molecular weight is 270 g/mol. The van der Waals surface area contributed by atoms with Crippen molar-refractivity contribution in [2.75, 3.05) is 11.4 Å². The van der Waals surface area contributed by atoms with Crippen molar-refractivity contribution in [3.05, 3.63) is 42.0 Å². The number of hydrogen-bond donors (Lipinski definition) is 1. The third-order valence-corrected chi connectivity index (χ3v) is 4.35. The van der Waals surface area contributed by atoms with Gasteiger partial charge >= 0.3 is 6.03 Å². The Morgan fingerprint density at radius 1 is 1.35 bits per heavy atom. The topological polar surface area (TPSA) is 32.3 Å². The van der Waals surface area contributed by atoms with Crippen LogP contribution in [0.3, 0.4) is 0 Å². The summed E-state index contributed by atoms with van der Waals surface area (Å²) in [7, 11) is 0. The number of carbonyl (C=O) groups is 1. The highest BCUT2D eigenvalue weighted by Crippen LogP contribution is 2.31. The van der Waals surface area contributed by atoms with Gasteiger partial charge in [0.15, 0.2) is 0 Å². The normalized spacial score (nSPS) is 24.6. The molecule has 3 nitrogen and oxygen atoms in total. The molecule has 3 heteroatoms. The lowest BCUT2D eigenvalue weighted by molar-refractivity contribution is 0.242. The van der Waals surface area contributed by atoms with E-state index in [0.717, 1.165) is 31.5 Å². The summed E-state index contributed by atoms with van der Waals surface area (Å²) in [5.74, 6) is 0.595. The first-order chi connectivity index (χ1) is 9.75. The summed E-state index contributed by atoms with van der Waals surface area (Å²) in [4.78, 5) is 14.4. The molecule has 0 bridgehead atoms. The molecule has 2 atom stereocenters. The van der Waals surface area contributed by atoms with Gasteiger partial charge < -0.3 is 5.32 Å². The van der Waals surface area contributed by atoms with Gasteiger partial charge in [0.1, 0.15) is 0 Å². The summed E-state index contributed by atoms with van der Waals surface area (Å²) in [5, 5.41) is 3.12. The maximum absolute atomic E-state index is 12.5. The quantitative estimate of drug-likeness (QED) is 0.820. The number of fused-ring (bicyclic) bond motifs is 1. The molecule has 2 aliphatic rings. The van der Waals surface area contributed by atoms with Crippen molar-refractivity contribution in [2.45, 2.75) is 38.6 Å². The van der Waals surface area contributed by atoms with E-state index in [-0.39, 0.29) is 12.1 Å². The van der Waals surface area contributed by atoms with Crippen LogP contribution in [0.4, 0.5) is 10.5 Å². The number of urea groups is 1. The van der Waals surface area contributed by atoms with E-state index in [1.165, 1.54) is 12.0 Å². The smallest absolute Gasteiger partial charge is 0.322 e. The van der Waals surface area contributed by atoms with E-state index in [1.807, 2.05) is 23.1 Å². The molecule has 1 aliphatic carbocycles. The van der Waals surface area contributed by atoms with Gasteiger partial charge in [-0.3, -0.25) is 4.90 Å². The van der Waals surface area contributed by atoms with Gasteiger partial charge in [0, 0.05) is 18.3 Å². The number of amides is 2. The molecule has 2 unspecified atom stereocenters. The molecule has 0 radical (unpaired) electrons. The first-order valence-corrected chi connectivity index (χ1v) is 7.55. The van der Waals surface area contributed by atoms with Gasteiger partial charge in [-0.15, -0.1) is 0 Å². The van der Waals surface area contributed by atoms with Gasteiger partial charge in [-0.05, 0) is 50.2 Å². The van der Waals surface area contributed by atoms with Gasteiger partial charge in [-0.2, -0.15) is 0 Å². The van der Waals surface area contributed by atoms with Crippen LogP contribution >= 0.6 is 0 Å². The fourth-order valence-corrected chi connectivity index (χ4v) is 3.23. The van der Waals surface area contributed by atoms with Crippen molar-refractivity contribution in [1.82, 2.24) is 5.32 Å². The van der Waals surface area contributed by atoms with Crippen molar-refractivity contribution >= 4 is 11.7 Å². The predicted octanol–water partition coefficient (Wildman–Crippen LogP) is 3.50. The molecule has 106 valence electrons. The highest BCUT2D eigenvalue weighted by Gasteiger charge is 2.30. The summed E-state index contributed by atoms with van der Waals surface area (Å²) in [6, 6.07) is 8.51. The van der Waals surface area contributed by atoms with Gasteiger partial charge in [0.2, 0.25) is 0 Å². The number of hydrogen-bond acceptors (Lipinski definition) is 1. The minimum absolute atomic E-state index is 0.0528. The van der Waals surface area contributed by atoms with E-state index in [0.29, 0.717) is 5.92 Å². The first kappa shape index (κ1) is 13.2. The summed E-state index contributed by atoms with van der Waals surface area (Å²) >= 11 is 0. The SMILES string of the molecule is CC1Cc2ccccc2N1C(=O)NCC1CC=CCC1. The standard InChI is InChI=1S/C17H22N2O/c1-13-11-15-9-5-6-10-16(15)19(13)17(20)18-12-14-7-3-2-4-8-14/h2-3,5-6,9-10,13-14H,4,7-8,11-12H2,1H3,(H,18,20). The fraction of sp³-hybridized carbons (Fsp3) is 0.471. The molecule has 0 saturated carbocycles. The number of allylic oxidation sites excluding steroid dienone is 2. The van der Waals surface area contributed by atoms with Crippen LogP contribution in [0.2, 0.25) is 0 Å². The number of para-hydroxylation sites is 1. The lowest BCUT2D eigenvalue weighted by atomic mass is 9.94. The molecular weight excluding hydrogens is 248 g/mol. The molecule has 1 aliphatic heterocycles. The fourth-order valence-electron chi connectivity index (χ4n) is 3.23. The number of nitrogens with one attached hydrogen (secondary N) is 1. The third-order valence-electron chi connectivity index (χ3n) is 4.35. The molecule has 0 spiro atoms. The number of rotatable bonds is 2. The largest absolute Gasteiger partial charge is 0.337 e. The molecule has 2 amide bonds. The van der Waals surface area contributed by atoms with Crippen molar-refractivity contribution in [3.63, 3.8) is 0 Å². The first-order valence-electron chi connectivity index (χ1n) is 7.55. The van der Waals surface area contributed by atoms with Crippen LogP contribution in [0, 0.1) is 5.92 Å². The van der Waals surface area contributed by atoms with Crippen LogP contribution in [0.15, 0.2) is 36.4 Å². The highest BCUT2D eigenvalue weighted by molar-refractivity contribution is 5.94. The Labute approximate surface area is 120 Å². The summed E-state index contributed by atoms with van der Waals surface area (Å²) < 4.78 is 0. The Balaban J connectivity index is 1.63. The van der Waals surface area contributed by atoms with Crippen LogP contribution in [0.1, 0.15) is 31.7 Å². The summed E-state index contributed by atoms with van der Waals surface area (Å²) in [5.41, 5.74) is 2.34. The zero-order valence-corrected chi connectivity index (χ0v) is 12.0. The van der Waals surface area contributed by atoms with E-state index < -0.39 is 0 Å². The molecule has 0 aromatic heterocycles. The van der Waals surface area contributed by atoms with Crippen LogP contribution in [0.25, 0.3) is 0 Å². The van der Waals surface area contributed by atoms with Gasteiger partial charge in [0.25, 0.3) is 0 Å². The van der Waals surface area contributed by atoms with Gasteiger partial charge in [-0.25, -0.2) is 4.79 Å². The second-order valence-corrected chi connectivity index (χ2v) is 5.89. The predicted molar refractivity (Wildman–Crippen MR) is 82.0 cm³/mol. The Kier molecular flexibility index (Phi) is 3.77. The number of anilines is 1. The molecule has 3 rings (SSSR count). The van der Waals surface area contributed by atoms with Crippen molar-refractivity contribution in [3.8, 4) is 0 Å². The minimum atomic E-state index is 0.0528. The van der Waals surface area contributed by atoms with Crippen LogP contribution < -0.4 is 10.2 Å². The second kappa shape index (κ2) is 5.70. The Bertz CT molecular complexity index is 523. The summed E-state index contributed by atoms with van der Waals surface area (Å²) in [6.07, 6.45) is 8.83. The minimum Gasteiger partial charge on any atom is -0.337 e. The van der Waals surface area contributed by atoms with Crippen molar-refractivity contribution < 1.29 is 4.79 Å². The average Bonchev–Trinajstić information content (AvgIpc) is 2.82. The van der Waals surface area contributed by atoms with E-state index in [1.54, 1.807) is 0 Å². The maximum Gasteiger partial charge on any atom is 0.322 e. The Morgan fingerprint density at radius 2 is 2.20 bits per heavy atom. The summed E-state index contributed by atoms with van der Waals surface area (Å²) in [6.45, 7) is 2.90. The van der Waals surface area contributed by atoms with E-state index >= 15 is 0 Å².